The number of ether oxygens (including phenoxy) is 1. The van der Waals surface area contributed by atoms with Gasteiger partial charge in [0.1, 0.15) is 5.75 Å². The molecule has 0 radical (unpaired) electrons. The number of nitrogens with zero attached hydrogens (tertiary/aromatic N) is 2. The fourth-order valence-corrected chi connectivity index (χ4v) is 5.81. The summed E-state index contributed by atoms with van der Waals surface area (Å²) in [5, 5.41) is 0.188. The molecule has 0 atom stereocenters. The van der Waals surface area contributed by atoms with Gasteiger partial charge in [-0.2, -0.15) is 4.31 Å². The van der Waals surface area contributed by atoms with Crippen molar-refractivity contribution < 1.29 is 21.6 Å². The van der Waals surface area contributed by atoms with Crippen LogP contribution < -0.4 is 9.46 Å². The van der Waals surface area contributed by atoms with Gasteiger partial charge in [-0.05, 0) is 56.4 Å². The molecule has 1 N–H and O–H groups in total. The van der Waals surface area contributed by atoms with E-state index in [4.69, 9.17) is 16.3 Å². The average Bonchev–Trinajstić information content (AvgIpc) is 2.70. The van der Waals surface area contributed by atoms with Crippen molar-refractivity contribution in [3.63, 3.8) is 0 Å². The van der Waals surface area contributed by atoms with Gasteiger partial charge in [0.15, 0.2) is 0 Å². The topological polar surface area (TPSA) is 96.0 Å². The number of nitrogens with one attached hydrogen (secondary N) is 1. The van der Waals surface area contributed by atoms with E-state index in [1.165, 1.54) is 46.8 Å². The molecule has 164 valence electrons. The second kappa shape index (κ2) is 9.11. The quantitative estimate of drug-likeness (QED) is 0.663. The van der Waals surface area contributed by atoms with Crippen molar-refractivity contribution in [1.82, 2.24) is 9.21 Å². The zero-order valence-electron chi connectivity index (χ0n) is 16.7. The third-order valence-electron chi connectivity index (χ3n) is 4.72. The highest BCUT2D eigenvalue weighted by atomic mass is 35.5. The van der Waals surface area contributed by atoms with Crippen LogP contribution in [0.15, 0.2) is 52.3 Å². The van der Waals surface area contributed by atoms with Crippen LogP contribution in [0.5, 0.6) is 5.75 Å². The van der Waals surface area contributed by atoms with Gasteiger partial charge in [0.05, 0.1) is 21.4 Å². The first-order valence-corrected chi connectivity index (χ1v) is 12.7. The first-order valence-electron chi connectivity index (χ1n) is 9.37. The average molecular weight is 474 g/mol. The van der Waals surface area contributed by atoms with Gasteiger partial charge >= 0.3 is 0 Å². The van der Waals surface area contributed by atoms with Crippen LogP contribution in [0.2, 0.25) is 5.02 Å². The van der Waals surface area contributed by atoms with Gasteiger partial charge in [-0.15, -0.1) is 0 Å². The lowest BCUT2D eigenvalue weighted by atomic mass is 10.3. The Balaban J connectivity index is 1.76. The number of halogens is 1. The summed E-state index contributed by atoms with van der Waals surface area (Å²) in [6.45, 7) is 4.39. The van der Waals surface area contributed by atoms with Gasteiger partial charge in [-0.25, -0.2) is 16.8 Å². The predicted octanol–water partition coefficient (Wildman–Crippen LogP) is 2.48. The third kappa shape index (κ3) is 5.06. The Morgan fingerprint density at radius 3 is 2.13 bits per heavy atom. The number of benzene rings is 2. The fraction of sp³-hybridized carbons (Fsp3) is 0.368. The molecule has 0 saturated carbocycles. The predicted molar refractivity (Wildman–Crippen MR) is 116 cm³/mol. The molecule has 3 rings (SSSR count). The fourth-order valence-electron chi connectivity index (χ4n) is 3.01. The summed E-state index contributed by atoms with van der Waals surface area (Å²) >= 11 is 6.08. The molecule has 30 heavy (non-hydrogen) atoms. The van der Waals surface area contributed by atoms with Crippen LogP contribution in [-0.2, 0) is 20.0 Å². The standard InChI is InChI=1S/C19H24ClN3O5S2/c1-3-28-19-9-8-17(14-18(19)20)29(24,25)21-15-4-6-16(7-5-15)30(26,27)23-12-10-22(2)11-13-23/h4-9,14,21H,3,10-13H2,1-2H3. The lowest BCUT2D eigenvalue weighted by Gasteiger charge is -2.31. The van der Waals surface area contributed by atoms with Crippen LogP contribution in [0.3, 0.4) is 0 Å². The van der Waals surface area contributed by atoms with Gasteiger partial charge in [-0.1, -0.05) is 11.6 Å². The Morgan fingerprint density at radius 2 is 1.57 bits per heavy atom. The van der Waals surface area contributed by atoms with Crippen molar-refractivity contribution in [3.05, 3.63) is 47.5 Å². The Kier molecular flexibility index (Phi) is 6.93. The summed E-state index contributed by atoms with van der Waals surface area (Å²) < 4.78 is 60.0. The molecule has 0 amide bonds. The number of anilines is 1. The van der Waals surface area contributed by atoms with Crippen LogP contribution in [0.25, 0.3) is 0 Å². The second-order valence-corrected chi connectivity index (χ2v) is 10.9. The van der Waals surface area contributed by atoms with E-state index in [2.05, 4.69) is 9.62 Å². The highest BCUT2D eigenvalue weighted by Gasteiger charge is 2.27. The zero-order valence-corrected chi connectivity index (χ0v) is 19.1. The lowest BCUT2D eigenvalue weighted by Crippen LogP contribution is -2.46. The van der Waals surface area contributed by atoms with Crippen molar-refractivity contribution >= 4 is 37.3 Å². The number of rotatable bonds is 7. The van der Waals surface area contributed by atoms with E-state index in [1.807, 2.05) is 7.05 Å². The SMILES string of the molecule is CCOc1ccc(S(=O)(=O)Nc2ccc(S(=O)(=O)N3CCN(C)CC3)cc2)cc1Cl. The normalized spacial score (nSPS) is 16.4. The van der Waals surface area contributed by atoms with Crippen LogP contribution in [0.1, 0.15) is 6.92 Å². The van der Waals surface area contributed by atoms with E-state index in [1.54, 1.807) is 6.92 Å². The van der Waals surface area contributed by atoms with Gasteiger partial charge in [-0.3, -0.25) is 4.72 Å². The van der Waals surface area contributed by atoms with Crippen molar-refractivity contribution in [3.8, 4) is 5.75 Å². The lowest BCUT2D eigenvalue weighted by molar-refractivity contribution is 0.222. The Bertz CT molecular complexity index is 1100. The van der Waals surface area contributed by atoms with Crippen molar-refractivity contribution in [2.75, 3.05) is 44.6 Å². The molecule has 1 aliphatic heterocycles. The first-order chi connectivity index (χ1) is 14.1. The molecule has 1 heterocycles. The van der Waals surface area contributed by atoms with Crippen molar-refractivity contribution in [2.24, 2.45) is 0 Å². The molecule has 2 aromatic carbocycles. The number of piperazine rings is 1. The number of sulfonamides is 2. The Hall–Kier alpha value is -1.85. The van der Waals surface area contributed by atoms with Crippen molar-refractivity contribution in [2.45, 2.75) is 16.7 Å². The van der Waals surface area contributed by atoms with Crippen LogP contribution in [-0.4, -0.2) is 65.9 Å². The molecule has 0 bridgehead atoms. The van der Waals surface area contributed by atoms with E-state index in [0.717, 1.165) is 0 Å². The molecule has 2 aromatic rings. The Labute approximate surface area is 182 Å². The molecular formula is C19H24ClN3O5S2. The highest BCUT2D eigenvalue weighted by Crippen LogP contribution is 2.28. The maximum Gasteiger partial charge on any atom is 0.261 e. The molecule has 0 spiro atoms. The molecule has 0 aromatic heterocycles. The summed E-state index contributed by atoms with van der Waals surface area (Å²) in [7, 11) is -5.57. The van der Waals surface area contributed by atoms with Gasteiger partial charge in [0.2, 0.25) is 10.0 Å². The van der Waals surface area contributed by atoms with Crippen LogP contribution in [0.4, 0.5) is 5.69 Å². The summed E-state index contributed by atoms with van der Waals surface area (Å²) in [6, 6.07) is 9.85. The summed E-state index contributed by atoms with van der Waals surface area (Å²) in [5.41, 5.74) is 0.248. The smallest absolute Gasteiger partial charge is 0.261 e. The molecule has 1 saturated heterocycles. The summed E-state index contributed by atoms with van der Waals surface area (Å²) in [5.74, 6) is 0.400. The van der Waals surface area contributed by atoms with Gasteiger partial charge in [0, 0.05) is 31.9 Å². The second-order valence-electron chi connectivity index (χ2n) is 6.86. The molecular weight excluding hydrogens is 450 g/mol. The third-order valence-corrected chi connectivity index (χ3v) is 8.31. The molecule has 11 heteroatoms. The van der Waals surface area contributed by atoms with E-state index in [-0.39, 0.29) is 20.5 Å². The maximum absolute atomic E-state index is 12.8. The van der Waals surface area contributed by atoms with E-state index >= 15 is 0 Å². The van der Waals surface area contributed by atoms with E-state index < -0.39 is 20.0 Å². The largest absolute Gasteiger partial charge is 0.492 e. The molecule has 0 aliphatic carbocycles. The van der Waals surface area contributed by atoms with E-state index in [0.29, 0.717) is 38.5 Å². The molecule has 0 unspecified atom stereocenters. The molecule has 8 nitrogen and oxygen atoms in total. The highest BCUT2D eigenvalue weighted by molar-refractivity contribution is 7.92. The van der Waals surface area contributed by atoms with Crippen LogP contribution in [0, 0.1) is 0 Å². The van der Waals surface area contributed by atoms with Gasteiger partial charge in [0.25, 0.3) is 10.0 Å². The minimum atomic E-state index is -3.90. The van der Waals surface area contributed by atoms with Crippen LogP contribution >= 0.6 is 11.6 Å². The number of likely N-dealkylation sites (N-methyl/N-ethyl adjacent to an activating group) is 1. The number of hydrogen-bond donors (Lipinski definition) is 1. The van der Waals surface area contributed by atoms with Crippen molar-refractivity contribution in [1.29, 1.82) is 0 Å². The molecule has 1 aliphatic rings. The first kappa shape index (κ1) is 22.8. The summed E-state index contributed by atoms with van der Waals surface area (Å²) in [6.07, 6.45) is 0. The van der Waals surface area contributed by atoms with Gasteiger partial charge < -0.3 is 9.64 Å². The Morgan fingerprint density at radius 1 is 0.967 bits per heavy atom. The number of hydrogen-bond acceptors (Lipinski definition) is 6. The maximum atomic E-state index is 12.8. The monoisotopic (exact) mass is 473 g/mol. The van der Waals surface area contributed by atoms with E-state index in [9.17, 15) is 16.8 Å². The minimum absolute atomic E-state index is 0.0231. The minimum Gasteiger partial charge on any atom is -0.492 e. The molecule has 1 fully saturated rings. The zero-order chi connectivity index (χ0) is 21.9. The summed E-state index contributed by atoms with van der Waals surface area (Å²) in [4.78, 5) is 2.17.